The summed E-state index contributed by atoms with van der Waals surface area (Å²) in [4.78, 5) is 2.60. The Morgan fingerprint density at radius 2 is 1.90 bits per heavy atom. The van der Waals surface area contributed by atoms with Gasteiger partial charge in [-0.25, -0.2) is 0 Å². The zero-order valence-electron chi connectivity index (χ0n) is 13.6. The molecule has 1 atom stereocenters. The molecule has 2 heteroatoms. The Morgan fingerprint density at radius 3 is 2.55 bits per heavy atom. The van der Waals surface area contributed by atoms with Crippen LogP contribution in [0.15, 0.2) is 18.2 Å². The molecule has 0 aliphatic carbocycles. The second-order valence-electron chi connectivity index (χ2n) is 7.15. The first-order chi connectivity index (χ1) is 9.43. The van der Waals surface area contributed by atoms with Crippen LogP contribution in [0, 0.1) is 19.3 Å². The summed E-state index contributed by atoms with van der Waals surface area (Å²) in [5, 5.41) is 0. The predicted molar refractivity (Wildman–Crippen MR) is 86.9 cm³/mol. The summed E-state index contributed by atoms with van der Waals surface area (Å²) in [5.41, 5.74) is 10.7. The van der Waals surface area contributed by atoms with Crippen molar-refractivity contribution in [3.05, 3.63) is 34.9 Å². The maximum atomic E-state index is 6.10. The Bertz CT molecular complexity index is 451. The van der Waals surface area contributed by atoms with Crippen LogP contribution >= 0.6 is 0 Å². The molecule has 1 unspecified atom stereocenters. The second-order valence-corrected chi connectivity index (χ2v) is 7.15. The highest BCUT2D eigenvalue weighted by Crippen LogP contribution is 2.33. The van der Waals surface area contributed by atoms with Crippen molar-refractivity contribution < 1.29 is 0 Å². The van der Waals surface area contributed by atoms with Crippen LogP contribution in [0.2, 0.25) is 0 Å². The Kier molecular flexibility index (Phi) is 4.87. The topological polar surface area (TPSA) is 29.3 Å². The SMILES string of the molecule is Cc1ccc(C(CN)N2CCCC(C)(C)CC2)cc1C. The average molecular weight is 274 g/mol. The van der Waals surface area contributed by atoms with Gasteiger partial charge in [-0.1, -0.05) is 32.0 Å². The van der Waals surface area contributed by atoms with E-state index in [1.54, 1.807) is 0 Å². The summed E-state index contributed by atoms with van der Waals surface area (Å²) in [5.74, 6) is 0. The molecular weight excluding hydrogens is 244 g/mol. The normalized spacial score (nSPS) is 21.4. The van der Waals surface area contributed by atoms with Gasteiger partial charge in [0.15, 0.2) is 0 Å². The molecule has 2 nitrogen and oxygen atoms in total. The number of rotatable bonds is 3. The monoisotopic (exact) mass is 274 g/mol. The Balaban J connectivity index is 2.17. The van der Waals surface area contributed by atoms with Crippen LogP contribution in [0.25, 0.3) is 0 Å². The van der Waals surface area contributed by atoms with Crippen molar-refractivity contribution in [3.63, 3.8) is 0 Å². The minimum absolute atomic E-state index is 0.378. The first-order valence-corrected chi connectivity index (χ1v) is 7.94. The van der Waals surface area contributed by atoms with Crippen LogP contribution < -0.4 is 5.73 Å². The van der Waals surface area contributed by atoms with Crippen LogP contribution in [-0.2, 0) is 0 Å². The van der Waals surface area contributed by atoms with E-state index in [-0.39, 0.29) is 0 Å². The Morgan fingerprint density at radius 1 is 1.15 bits per heavy atom. The largest absolute Gasteiger partial charge is 0.329 e. The minimum Gasteiger partial charge on any atom is -0.329 e. The lowest BCUT2D eigenvalue weighted by atomic mass is 9.85. The van der Waals surface area contributed by atoms with Crippen molar-refractivity contribution in [2.75, 3.05) is 19.6 Å². The van der Waals surface area contributed by atoms with E-state index in [2.05, 4.69) is 50.8 Å². The summed E-state index contributed by atoms with van der Waals surface area (Å²) in [6.45, 7) is 12.2. The van der Waals surface area contributed by atoms with Gasteiger partial charge >= 0.3 is 0 Å². The first-order valence-electron chi connectivity index (χ1n) is 7.94. The first kappa shape index (κ1) is 15.5. The van der Waals surface area contributed by atoms with Gasteiger partial charge in [-0.05, 0) is 68.3 Å². The van der Waals surface area contributed by atoms with Crippen LogP contribution in [0.5, 0.6) is 0 Å². The number of nitrogens with zero attached hydrogens (tertiary/aromatic N) is 1. The fraction of sp³-hybridized carbons (Fsp3) is 0.667. The zero-order valence-corrected chi connectivity index (χ0v) is 13.6. The van der Waals surface area contributed by atoms with E-state index < -0.39 is 0 Å². The third kappa shape index (κ3) is 3.62. The van der Waals surface area contributed by atoms with Gasteiger partial charge in [-0.2, -0.15) is 0 Å². The molecule has 0 spiro atoms. The lowest BCUT2D eigenvalue weighted by Crippen LogP contribution is -2.35. The third-order valence-corrected chi connectivity index (χ3v) is 4.95. The van der Waals surface area contributed by atoms with Crippen molar-refractivity contribution in [1.82, 2.24) is 4.90 Å². The molecule has 20 heavy (non-hydrogen) atoms. The Labute approximate surface area is 124 Å². The van der Waals surface area contributed by atoms with Crippen molar-refractivity contribution in [2.24, 2.45) is 11.1 Å². The van der Waals surface area contributed by atoms with Gasteiger partial charge in [-0.15, -0.1) is 0 Å². The summed E-state index contributed by atoms with van der Waals surface area (Å²) in [6, 6.07) is 7.19. The standard InChI is InChI=1S/C18H30N2/c1-14-6-7-16(12-15(14)2)17(13-19)20-10-5-8-18(3,4)9-11-20/h6-7,12,17H,5,8-11,13,19H2,1-4H3. The molecule has 2 rings (SSSR count). The number of hydrogen-bond donors (Lipinski definition) is 1. The van der Waals surface area contributed by atoms with Gasteiger partial charge in [0.2, 0.25) is 0 Å². The number of aryl methyl sites for hydroxylation is 2. The Hall–Kier alpha value is -0.860. The van der Waals surface area contributed by atoms with E-state index in [1.165, 1.54) is 49.0 Å². The summed E-state index contributed by atoms with van der Waals surface area (Å²) < 4.78 is 0. The molecule has 0 saturated carbocycles. The van der Waals surface area contributed by atoms with E-state index >= 15 is 0 Å². The second kappa shape index (κ2) is 6.28. The van der Waals surface area contributed by atoms with Gasteiger partial charge in [0, 0.05) is 12.6 Å². The van der Waals surface area contributed by atoms with Crippen molar-refractivity contribution in [2.45, 2.75) is 53.0 Å². The molecule has 1 aromatic carbocycles. The molecule has 0 bridgehead atoms. The molecule has 112 valence electrons. The molecule has 2 N–H and O–H groups in total. The molecule has 1 aliphatic heterocycles. The fourth-order valence-corrected chi connectivity index (χ4v) is 3.22. The van der Waals surface area contributed by atoms with Gasteiger partial charge in [0.05, 0.1) is 0 Å². The predicted octanol–water partition coefficient (Wildman–Crippen LogP) is 3.82. The highest BCUT2D eigenvalue weighted by atomic mass is 15.2. The quantitative estimate of drug-likeness (QED) is 0.908. The average Bonchev–Trinajstić information content (AvgIpc) is 2.56. The van der Waals surface area contributed by atoms with Gasteiger partial charge in [0.1, 0.15) is 0 Å². The lowest BCUT2D eigenvalue weighted by Gasteiger charge is -2.31. The van der Waals surface area contributed by atoms with Crippen LogP contribution in [-0.4, -0.2) is 24.5 Å². The molecule has 1 saturated heterocycles. The molecular formula is C18H30N2. The van der Waals surface area contributed by atoms with Gasteiger partial charge in [0.25, 0.3) is 0 Å². The van der Waals surface area contributed by atoms with Crippen LogP contribution in [0.4, 0.5) is 0 Å². The zero-order chi connectivity index (χ0) is 14.8. The number of nitrogens with two attached hydrogens (primary N) is 1. The molecule has 1 fully saturated rings. The fourth-order valence-electron chi connectivity index (χ4n) is 3.22. The number of benzene rings is 1. The van der Waals surface area contributed by atoms with E-state index in [0.29, 0.717) is 18.0 Å². The third-order valence-electron chi connectivity index (χ3n) is 4.95. The van der Waals surface area contributed by atoms with E-state index in [9.17, 15) is 0 Å². The van der Waals surface area contributed by atoms with Crippen molar-refractivity contribution >= 4 is 0 Å². The highest BCUT2D eigenvalue weighted by Gasteiger charge is 2.27. The molecule has 1 aromatic rings. The molecule has 0 radical (unpaired) electrons. The van der Waals surface area contributed by atoms with Crippen LogP contribution in [0.3, 0.4) is 0 Å². The molecule has 0 amide bonds. The van der Waals surface area contributed by atoms with Crippen molar-refractivity contribution in [1.29, 1.82) is 0 Å². The summed E-state index contributed by atoms with van der Waals surface area (Å²) in [6.07, 6.45) is 3.89. The maximum absolute atomic E-state index is 6.10. The van der Waals surface area contributed by atoms with Gasteiger partial charge in [-0.3, -0.25) is 4.90 Å². The van der Waals surface area contributed by atoms with Crippen molar-refractivity contribution in [3.8, 4) is 0 Å². The number of hydrogen-bond acceptors (Lipinski definition) is 2. The highest BCUT2D eigenvalue weighted by molar-refractivity contribution is 5.32. The lowest BCUT2D eigenvalue weighted by molar-refractivity contribution is 0.200. The van der Waals surface area contributed by atoms with Crippen LogP contribution in [0.1, 0.15) is 55.8 Å². The summed E-state index contributed by atoms with van der Waals surface area (Å²) >= 11 is 0. The van der Waals surface area contributed by atoms with E-state index in [0.717, 1.165) is 0 Å². The maximum Gasteiger partial charge on any atom is 0.0470 e. The number of likely N-dealkylation sites (tertiary alicyclic amines) is 1. The molecule has 1 heterocycles. The summed E-state index contributed by atoms with van der Waals surface area (Å²) in [7, 11) is 0. The molecule has 0 aromatic heterocycles. The van der Waals surface area contributed by atoms with Gasteiger partial charge < -0.3 is 5.73 Å². The molecule has 1 aliphatic rings. The van der Waals surface area contributed by atoms with E-state index in [4.69, 9.17) is 5.73 Å². The van der Waals surface area contributed by atoms with E-state index in [1.807, 2.05) is 0 Å². The minimum atomic E-state index is 0.378. The smallest absolute Gasteiger partial charge is 0.0470 e.